The fourth-order valence-corrected chi connectivity index (χ4v) is 2.91. The second-order valence-electron chi connectivity index (χ2n) is 6.33. The Bertz CT molecular complexity index is 1110. The lowest BCUT2D eigenvalue weighted by molar-refractivity contribution is 0.102. The molecule has 5 heteroatoms. The Morgan fingerprint density at radius 2 is 1.57 bits per heavy atom. The molecule has 0 unspecified atom stereocenters. The first kappa shape index (κ1) is 17.5. The van der Waals surface area contributed by atoms with Crippen LogP contribution in [0.5, 0.6) is 0 Å². The number of hydrogen-bond donors (Lipinski definition) is 1. The number of nitrogens with zero attached hydrogens (tertiary/aromatic N) is 3. The van der Waals surface area contributed by atoms with E-state index in [-0.39, 0.29) is 5.91 Å². The fraction of sp³-hybridized carbons (Fsp3) is 0.0435. The zero-order valence-electron chi connectivity index (χ0n) is 15.3. The molecule has 0 aliphatic rings. The van der Waals surface area contributed by atoms with Crippen LogP contribution in [0.25, 0.3) is 22.6 Å². The summed E-state index contributed by atoms with van der Waals surface area (Å²) in [6.45, 7) is 1.95. The second kappa shape index (κ2) is 7.80. The van der Waals surface area contributed by atoms with Crippen LogP contribution >= 0.6 is 0 Å². The normalized spacial score (nSPS) is 10.5. The number of carbonyl (C=O) groups is 1. The van der Waals surface area contributed by atoms with Crippen LogP contribution in [-0.4, -0.2) is 20.9 Å². The Balaban J connectivity index is 1.78. The van der Waals surface area contributed by atoms with Gasteiger partial charge in [-0.2, -0.15) is 0 Å². The predicted octanol–water partition coefficient (Wildman–Crippen LogP) is 4.77. The Morgan fingerprint density at radius 1 is 0.857 bits per heavy atom. The number of carbonyl (C=O) groups excluding carboxylic acids is 1. The molecule has 0 bridgehead atoms. The summed E-state index contributed by atoms with van der Waals surface area (Å²) in [4.78, 5) is 26.2. The number of aryl methyl sites for hydroxylation is 1. The van der Waals surface area contributed by atoms with Crippen molar-refractivity contribution in [1.29, 1.82) is 0 Å². The minimum Gasteiger partial charge on any atom is -0.322 e. The molecule has 0 aliphatic heterocycles. The molecule has 1 N–H and O–H groups in total. The molecule has 0 fully saturated rings. The van der Waals surface area contributed by atoms with Crippen molar-refractivity contribution >= 4 is 11.6 Å². The molecule has 0 saturated carbocycles. The Hall–Kier alpha value is -3.86. The highest BCUT2D eigenvalue weighted by atomic mass is 16.1. The lowest BCUT2D eigenvalue weighted by atomic mass is 10.1. The SMILES string of the molecule is Cc1ccccc1NC(=O)c1cnc(-c2ccccc2)nc1-c1ccncc1. The molecule has 2 heterocycles. The monoisotopic (exact) mass is 366 g/mol. The number of benzene rings is 2. The number of amides is 1. The number of para-hydroxylation sites is 1. The van der Waals surface area contributed by atoms with Crippen molar-refractivity contribution < 1.29 is 4.79 Å². The first-order chi connectivity index (χ1) is 13.7. The predicted molar refractivity (Wildman–Crippen MR) is 110 cm³/mol. The molecule has 136 valence electrons. The third-order valence-electron chi connectivity index (χ3n) is 4.41. The molecule has 0 spiro atoms. The standard InChI is InChI=1S/C23H18N4O/c1-16-7-5-6-10-20(16)26-23(28)19-15-25-22(18-8-3-2-4-9-18)27-21(19)17-11-13-24-14-12-17/h2-15H,1H3,(H,26,28). The first-order valence-electron chi connectivity index (χ1n) is 8.92. The summed E-state index contributed by atoms with van der Waals surface area (Å²) in [5.74, 6) is 0.320. The number of pyridine rings is 1. The average Bonchev–Trinajstić information content (AvgIpc) is 2.76. The third-order valence-corrected chi connectivity index (χ3v) is 4.41. The molecule has 2 aromatic carbocycles. The molecule has 0 atom stereocenters. The van der Waals surface area contributed by atoms with Gasteiger partial charge in [-0.3, -0.25) is 9.78 Å². The zero-order chi connectivity index (χ0) is 19.3. The third kappa shape index (κ3) is 3.64. The van der Waals surface area contributed by atoms with Gasteiger partial charge in [0.1, 0.15) is 0 Å². The van der Waals surface area contributed by atoms with E-state index in [1.165, 1.54) is 0 Å². The lowest BCUT2D eigenvalue weighted by Crippen LogP contribution is -2.15. The van der Waals surface area contributed by atoms with E-state index >= 15 is 0 Å². The Kier molecular flexibility index (Phi) is 4.89. The average molecular weight is 366 g/mol. The van der Waals surface area contributed by atoms with Crippen LogP contribution in [0.1, 0.15) is 15.9 Å². The van der Waals surface area contributed by atoms with Gasteiger partial charge in [0.15, 0.2) is 5.82 Å². The van der Waals surface area contributed by atoms with Crippen molar-refractivity contribution in [3.63, 3.8) is 0 Å². The molecule has 2 aromatic heterocycles. The molecule has 28 heavy (non-hydrogen) atoms. The minimum absolute atomic E-state index is 0.249. The topological polar surface area (TPSA) is 67.8 Å². The molecule has 0 radical (unpaired) electrons. The highest BCUT2D eigenvalue weighted by molar-refractivity contribution is 6.08. The summed E-state index contributed by atoms with van der Waals surface area (Å²) in [6.07, 6.45) is 4.95. The Labute approximate surface area is 163 Å². The van der Waals surface area contributed by atoms with Crippen molar-refractivity contribution in [3.05, 3.63) is 96.4 Å². The van der Waals surface area contributed by atoms with Gasteiger partial charge in [-0.1, -0.05) is 48.5 Å². The van der Waals surface area contributed by atoms with E-state index in [4.69, 9.17) is 4.98 Å². The van der Waals surface area contributed by atoms with Crippen molar-refractivity contribution in [2.24, 2.45) is 0 Å². The molecular formula is C23H18N4O. The van der Waals surface area contributed by atoms with E-state index in [2.05, 4.69) is 15.3 Å². The van der Waals surface area contributed by atoms with E-state index in [1.54, 1.807) is 18.6 Å². The van der Waals surface area contributed by atoms with Gasteiger partial charge >= 0.3 is 0 Å². The van der Waals surface area contributed by atoms with Gasteiger partial charge in [-0.15, -0.1) is 0 Å². The number of hydrogen-bond acceptors (Lipinski definition) is 4. The second-order valence-corrected chi connectivity index (χ2v) is 6.33. The minimum atomic E-state index is -0.249. The highest BCUT2D eigenvalue weighted by Gasteiger charge is 2.17. The maximum Gasteiger partial charge on any atom is 0.259 e. The summed E-state index contributed by atoms with van der Waals surface area (Å²) in [5, 5.41) is 2.96. The number of anilines is 1. The largest absolute Gasteiger partial charge is 0.322 e. The lowest BCUT2D eigenvalue weighted by Gasteiger charge is -2.12. The number of aromatic nitrogens is 3. The van der Waals surface area contributed by atoms with Gasteiger partial charge in [0.05, 0.1) is 11.3 Å². The van der Waals surface area contributed by atoms with Gasteiger partial charge in [-0.05, 0) is 30.7 Å². The van der Waals surface area contributed by atoms with Gasteiger partial charge in [-0.25, -0.2) is 9.97 Å². The van der Waals surface area contributed by atoms with Crippen LogP contribution in [-0.2, 0) is 0 Å². The maximum atomic E-state index is 13.0. The van der Waals surface area contributed by atoms with Crippen LogP contribution in [0.15, 0.2) is 85.3 Å². The molecule has 1 amide bonds. The molecular weight excluding hydrogens is 348 g/mol. The molecule has 4 aromatic rings. The van der Waals surface area contributed by atoms with Gasteiger partial charge in [0.2, 0.25) is 0 Å². The first-order valence-corrected chi connectivity index (χ1v) is 8.92. The van der Waals surface area contributed by atoms with E-state index < -0.39 is 0 Å². The van der Waals surface area contributed by atoms with Crippen LogP contribution in [0, 0.1) is 6.92 Å². The van der Waals surface area contributed by atoms with Crippen LogP contribution in [0.4, 0.5) is 5.69 Å². The van der Waals surface area contributed by atoms with E-state index in [0.717, 1.165) is 22.4 Å². The van der Waals surface area contributed by atoms with Crippen LogP contribution < -0.4 is 5.32 Å². The number of nitrogens with one attached hydrogen (secondary N) is 1. The van der Waals surface area contributed by atoms with Gasteiger partial charge in [0.25, 0.3) is 5.91 Å². The van der Waals surface area contributed by atoms with Gasteiger partial charge < -0.3 is 5.32 Å². The summed E-state index contributed by atoms with van der Waals surface area (Å²) in [6, 6.07) is 21.0. The van der Waals surface area contributed by atoms with Crippen LogP contribution in [0.2, 0.25) is 0 Å². The summed E-state index contributed by atoms with van der Waals surface area (Å²) in [5.41, 5.74) is 4.44. The van der Waals surface area contributed by atoms with Gasteiger partial charge in [0, 0.05) is 35.4 Å². The van der Waals surface area contributed by atoms with E-state index in [1.807, 2.05) is 73.7 Å². The van der Waals surface area contributed by atoms with Crippen molar-refractivity contribution in [2.45, 2.75) is 6.92 Å². The summed E-state index contributed by atoms with van der Waals surface area (Å²) < 4.78 is 0. The summed E-state index contributed by atoms with van der Waals surface area (Å²) in [7, 11) is 0. The maximum absolute atomic E-state index is 13.0. The zero-order valence-corrected chi connectivity index (χ0v) is 15.3. The highest BCUT2D eigenvalue weighted by Crippen LogP contribution is 2.25. The molecule has 4 rings (SSSR count). The van der Waals surface area contributed by atoms with Crippen molar-refractivity contribution in [2.75, 3.05) is 5.32 Å². The Morgan fingerprint density at radius 3 is 2.32 bits per heavy atom. The summed E-state index contributed by atoms with van der Waals surface area (Å²) >= 11 is 0. The van der Waals surface area contributed by atoms with E-state index in [0.29, 0.717) is 17.1 Å². The van der Waals surface area contributed by atoms with Crippen molar-refractivity contribution in [3.8, 4) is 22.6 Å². The smallest absolute Gasteiger partial charge is 0.259 e. The van der Waals surface area contributed by atoms with Crippen LogP contribution in [0.3, 0.4) is 0 Å². The molecule has 0 aliphatic carbocycles. The fourth-order valence-electron chi connectivity index (χ4n) is 2.91. The van der Waals surface area contributed by atoms with E-state index in [9.17, 15) is 4.79 Å². The quantitative estimate of drug-likeness (QED) is 0.565. The molecule has 0 saturated heterocycles. The van der Waals surface area contributed by atoms with Crippen molar-refractivity contribution in [1.82, 2.24) is 15.0 Å². The molecule has 5 nitrogen and oxygen atoms in total. The number of rotatable bonds is 4.